The zero-order chi connectivity index (χ0) is 20.7. The number of nitrogens with one attached hydrogen (secondary N) is 1. The van der Waals surface area contributed by atoms with Crippen molar-refractivity contribution in [2.45, 2.75) is 12.5 Å². The molecule has 0 unspecified atom stereocenters. The average molecular weight is 402 g/mol. The molecule has 8 nitrogen and oxygen atoms in total. The molecule has 8 heteroatoms. The number of hydrogen-bond donors (Lipinski definition) is 1. The van der Waals surface area contributed by atoms with Gasteiger partial charge in [-0.05, 0) is 30.7 Å². The summed E-state index contributed by atoms with van der Waals surface area (Å²) in [7, 11) is 3.33. The van der Waals surface area contributed by atoms with Gasteiger partial charge < -0.3 is 19.4 Å². The lowest BCUT2D eigenvalue weighted by Crippen LogP contribution is -2.25. The van der Waals surface area contributed by atoms with Crippen LogP contribution in [0.2, 0.25) is 0 Å². The molecule has 0 amide bonds. The van der Waals surface area contributed by atoms with E-state index in [0.29, 0.717) is 6.54 Å². The summed E-state index contributed by atoms with van der Waals surface area (Å²) in [5.74, 6) is 2.45. The average Bonchev–Trinajstić information content (AvgIpc) is 3.51. The molecule has 152 valence electrons. The molecule has 5 rings (SSSR count). The van der Waals surface area contributed by atoms with Crippen molar-refractivity contribution in [1.29, 1.82) is 0 Å². The van der Waals surface area contributed by atoms with Crippen LogP contribution in [0, 0.1) is 0 Å². The summed E-state index contributed by atoms with van der Waals surface area (Å²) >= 11 is 0. The minimum Gasteiger partial charge on any atom is -0.497 e. The van der Waals surface area contributed by atoms with Gasteiger partial charge in [0.15, 0.2) is 0 Å². The Hall–Kier alpha value is -3.81. The van der Waals surface area contributed by atoms with Crippen molar-refractivity contribution in [1.82, 2.24) is 25.0 Å². The third-order valence-corrected chi connectivity index (χ3v) is 5.40. The number of aromatic amines is 1. The predicted molar refractivity (Wildman–Crippen MR) is 114 cm³/mol. The van der Waals surface area contributed by atoms with Crippen LogP contribution in [0.25, 0.3) is 16.7 Å². The van der Waals surface area contributed by atoms with Crippen LogP contribution < -0.4 is 14.4 Å². The molecule has 30 heavy (non-hydrogen) atoms. The van der Waals surface area contributed by atoms with E-state index in [1.165, 1.54) is 0 Å². The van der Waals surface area contributed by atoms with Gasteiger partial charge in [-0.25, -0.2) is 4.98 Å². The van der Waals surface area contributed by atoms with Crippen LogP contribution in [-0.4, -0.2) is 45.7 Å². The predicted octanol–water partition coefficient (Wildman–Crippen LogP) is 3.67. The molecule has 1 fully saturated rings. The summed E-state index contributed by atoms with van der Waals surface area (Å²) in [6, 6.07) is 11.7. The summed E-state index contributed by atoms with van der Waals surface area (Å²) in [6.07, 6.45) is 4.14. The maximum absolute atomic E-state index is 5.49. The first kappa shape index (κ1) is 18.2. The zero-order valence-corrected chi connectivity index (χ0v) is 16.9. The lowest BCUT2D eigenvalue weighted by molar-refractivity contribution is 0.414. The molecule has 0 aliphatic carbocycles. The van der Waals surface area contributed by atoms with Crippen LogP contribution in [-0.2, 0) is 0 Å². The molecule has 0 spiro atoms. The first-order valence-electron chi connectivity index (χ1n) is 9.68. The van der Waals surface area contributed by atoms with Crippen molar-refractivity contribution >= 4 is 16.7 Å². The number of anilines is 1. The Bertz CT molecular complexity index is 1210. The van der Waals surface area contributed by atoms with Crippen LogP contribution in [0.5, 0.6) is 11.5 Å². The van der Waals surface area contributed by atoms with E-state index in [1.807, 2.05) is 36.4 Å². The van der Waals surface area contributed by atoms with E-state index < -0.39 is 0 Å². The Morgan fingerprint density at radius 2 is 1.73 bits per heavy atom. The monoisotopic (exact) mass is 402 g/mol. The van der Waals surface area contributed by atoms with Gasteiger partial charge in [-0.15, -0.1) is 4.80 Å². The van der Waals surface area contributed by atoms with Gasteiger partial charge in [0.1, 0.15) is 23.0 Å². The van der Waals surface area contributed by atoms with E-state index in [4.69, 9.17) is 14.5 Å². The zero-order valence-electron chi connectivity index (χ0n) is 16.9. The molecule has 1 aliphatic heterocycles. The molecular formula is C22H22N6O2. The number of ether oxygens (including phenoxy) is 2. The molecule has 1 saturated heterocycles. The van der Waals surface area contributed by atoms with Crippen molar-refractivity contribution in [2.24, 2.45) is 0 Å². The number of benzene rings is 2. The molecule has 0 radical (unpaired) electrons. The minimum absolute atomic E-state index is 0.0114. The number of aromatic nitrogens is 5. The molecular weight excluding hydrogens is 380 g/mol. The SMILES string of the molecule is C=C1C[C@@H](c2nc3ccc(OC)cc3[nH]2)N(c2cc(OC)ccc2-n2nccn2)C1. The fourth-order valence-electron chi connectivity index (χ4n) is 3.96. The maximum Gasteiger partial charge on any atom is 0.130 e. The highest BCUT2D eigenvalue weighted by Gasteiger charge is 2.33. The summed E-state index contributed by atoms with van der Waals surface area (Å²) in [5, 5.41) is 8.65. The van der Waals surface area contributed by atoms with Gasteiger partial charge in [0.05, 0.1) is 49.4 Å². The van der Waals surface area contributed by atoms with Crippen molar-refractivity contribution < 1.29 is 9.47 Å². The third kappa shape index (κ3) is 3.06. The Kier molecular flexibility index (Phi) is 4.39. The van der Waals surface area contributed by atoms with Gasteiger partial charge >= 0.3 is 0 Å². The van der Waals surface area contributed by atoms with Crippen LogP contribution in [0.1, 0.15) is 18.3 Å². The molecule has 0 saturated carbocycles. The lowest BCUT2D eigenvalue weighted by Gasteiger charge is -2.27. The Labute approximate surface area is 173 Å². The van der Waals surface area contributed by atoms with Crippen LogP contribution in [0.4, 0.5) is 5.69 Å². The molecule has 3 heterocycles. The highest BCUT2D eigenvalue weighted by Crippen LogP contribution is 2.41. The summed E-state index contributed by atoms with van der Waals surface area (Å²) in [6.45, 7) is 4.96. The Balaban J connectivity index is 1.61. The van der Waals surface area contributed by atoms with E-state index in [9.17, 15) is 0 Å². The van der Waals surface area contributed by atoms with Gasteiger partial charge in [-0.1, -0.05) is 12.2 Å². The molecule has 2 aromatic carbocycles. The molecule has 0 bridgehead atoms. The second-order valence-corrected chi connectivity index (χ2v) is 7.28. The number of methoxy groups -OCH3 is 2. The second-order valence-electron chi connectivity index (χ2n) is 7.28. The second kappa shape index (κ2) is 7.22. The number of rotatable bonds is 5. The number of hydrogen-bond acceptors (Lipinski definition) is 6. The number of nitrogens with zero attached hydrogens (tertiary/aromatic N) is 5. The van der Waals surface area contributed by atoms with Crippen molar-refractivity contribution in [3.63, 3.8) is 0 Å². The molecule has 4 aromatic rings. The molecule has 1 N–H and O–H groups in total. The van der Waals surface area contributed by atoms with E-state index in [0.717, 1.165) is 51.7 Å². The molecule has 1 atom stereocenters. The summed E-state index contributed by atoms with van der Waals surface area (Å²) in [5.41, 5.74) is 4.83. The van der Waals surface area contributed by atoms with Gasteiger partial charge in [0, 0.05) is 18.7 Å². The van der Waals surface area contributed by atoms with E-state index in [1.54, 1.807) is 31.4 Å². The van der Waals surface area contributed by atoms with Crippen molar-refractivity contribution in [3.05, 3.63) is 66.8 Å². The molecule has 2 aromatic heterocycles. The van der Waals surface area contributed by atoms with Gasteiger partial charge in [-0.3, -0.25) is 0 Å². The van der Waals surface area contributed by atoms with Crippen molar-refractivity contribution in [3.8, 4) is 17.2 Å². The highest BCUT2D eigenvalue weighted by molar-refractivity contribution is 5.77. The third-order valence-electron chi connectivity index (χ3n) is 5.40. The van der Waals surface area contributed by atoms with E-state index in [2.05, 4.69) is 26.7 Å². The number of fused-ring (bicyclic) bond motifs is 1. The molecule has 1 aliphatic rings. The van der Waals surface area contributed by atoms with Crippen LogP contribution in [0.3, 0.4) is 0 Å². The van der Waals surface area contributed by atoms with Crippen LogP contribution >= 0.6 is 0 Å². The minimum atomic E-state index is 0.0114. The smallest absolute Gasteiger partial charge is 0.130 e. The normalized spacial score (nSPS) is 16.4. The largest absolute Gasteiger partial charge is 0.497 e. The topological polar surface area (TPSA) is 81.1 Å². The van der Waals surface area contributed by atoms with Crippen LogP contribution in [0.15, 0.2) is 60.9 Å². The summed E-state index contributed by atoms with van der Waals surface area (Å²) < 4.78 is 10.8. The standard InChI is InChI=1S/C22H22N6O2/c1-14-10-21(22-25-17-6-4-15(29-2)11-18(17)26-22)27(13-14)20-12-16(30-3)5-7-19(20)28-23-8-9-24-28/h4-9,11-12,21H,1,10,13H2,2-3H3,(H,25,26)/t21-/m0/s1. The Morgan fingerprint density at radius 1 is 1.00 bits per heavy atom. The van der Waals surface area contributed by atoms with Gasteiger partial charge in [0.2, 0.25) is 0 Å². The quantitative estimate of drug-likeness (QED) is 0.513. The summed E-state index contributed by atoms with van der Waals surface area (Å²) in [4.78, 5) is 12.2. The number of H-pyrrole nitrogens is 1. The van der Waals surface area contributed by atoms with Crippen molar-refractivity contribution in [2.75, 3.05) is 25.7 Å². The fourth-order valence-corrected chi connectivity index (χ4v) is 3.96. The van der Waals surface area contributed by atoms with E-state index in [-0.39, 0.29) is 6.04 Å². The lowest BCUT2D eigenvalue weighted by atomic mass is 10.1. The maximum atomic E-state index is 5.49. The highest BCUT2D eigenvalue weighted by atomic mass is 16.5. The number of imidazole rings is 1. The Morgan fingerprint density at radius 3 is 2.50 bits per heavy atom. The fraction of sp³-hybridized carbons (Fsp3) is 0.227. The first-order chi connectivity index (χ1) is 14.7. The van der Waals surface area contributed by atoms with Gasteiger partial charge in [0.25, 0.3) is 0 Å². The van der Waals surface area contributed by atoms with E-state index >= 15 is 0 Å². The van der Waals surface area contributed by atoms with Gasteiger partial charge in [-0.2, -0.15) is 10.2 Å². The first-order valence-corrected chi connectivity index (χ1v) is 9.68.